The van der Waals surface area contributed by atoms with E-state index in [9.17, 15) is 22.8 Å². The molecule has 0 bridgehead atoms. The molecule has 1 atom stereocenters. The largest absolute Gasteiger partial charge is 0.434 e. The zero-order valence-electron chi connectivity index (χ0n) is 14.9. The number of hydrogen-bond donors (Lipinski definition) is 1. The second kappa shape index (κ2) is 7.70. The number of hydrogen-bond acceptors (Lipinski definition) is 5. The molecule has 2 aromatic rings. The van der Waals surface area contributed by atoms with Gasteiger partial charge in [-0.25, -0.2) is 4.98 Å². The van der Waals surface area contributed by atoms with Crippen molar-refractivity contribution in [1.82, 2.24) is 25.0 Å². The summed E-state index contributed by atoms with van der Waals surface area (Å²) in [5, 5.41) is 7.02. The van der Waals surface area contributed by atoms with Gasteiger partial charge in [0.05, 0.1) is 16.7 Å². The van der Waals surface area contributed by atoms with E-state index in [2.05, 4.69) is 15.4 Å². The van der Waals surface area contributed by atoms with Crippen LogP contribution in [-0.2, 0) is 11.0 Å². The predicted octanol–water partition coefficient (Wildman–Crippen LogP) is 2.99. The number of thiazole rings is 1. The van der Waals surface area contributed by atoms with E-state index < -0.39 is 28.7 Å². The summed E-state index contributed by atoms with van der Waals surface area (Å²) < 4.78 is 40.0. The zero-order chi connectivity index (χ0) is 20.6. The van der Waals surface area contributed by atoms with Gasteiger partial charge in [0, 0.05) is 25.3 Å². The van der Waals surface area contributed by atoms with E-state index in [0.717, 1.165) is 5.51 Å². The fraction of sp³-hybridized carbons (Fsp3) is 0.500. The summed E-state index contributed by atoms with van der Waals surface area (Å²) in [5.74, 6) is -0.969. The Morgan fingerprint density at radius 2 is 2.11 bits per heavy atom. The lowest BCUT2D eigenvalue weighted by molar-refractivity contribution is -0.141. The summed E-state index contributed by atoms with van der Waals surface area (Å²) in [7, 11) is 1.65. The highest BCUT2D eigenvalue weighted by atomic mass is 35.5. The van der Waals surface area contributed by atoms with E-state index in [-0.39, 0.29) is 18.0 Å². The zero-order valence-corrected chi connectivity index (χ0v) is 16.5. The second-order valence-corrected chi connectivity index (χ2v) is 7.88. The van der Waals surface area contributed by atoms with E-state index >= 15 is 0 Å². The van der Waals surface area contributed by atoms with Crippen LogP contribution in [0, 0.1) is 0 Å². The van der Waals surface area contributed by atoms with Crippen molar-refractivity contribution in [1.29, 1.82) is 0 Å². The second-order valence-electron chi connectivity index (χ2n) is 6.59. The summed E-state index contributed by atoms with van der Waals surface area (Å²) in [4.78, 5) is 29.0. The number of likely N-dealkylation sites (N-methyl/N-ethyl adjacent to an activating group) is 1. The Balaban J connectivity index is 1.53. The first-order valence-electron chi connectivity index (χ1n) is 8.35. The molecule has 2 heterocycles. The standard InChI is InChI=1S/C16H17ClF3N5O2S/c1-8(25-6-9(17)5-22-25)15(27)24(2)11-3-10(4-11)23-14(26)12-13(16(18,19)20)21-7-28-12/h5-8,10-11H,3-4H2,1-2H3,(H,23,26). The third-order valence-electron chi connectivity index (χ3n) is 4.71. The van der Waals surface area contributed by atoms with E-state index in [1.54, 1.807) is 25.1 Å². The average Bonchev–Trinajstić information content (AvgIpc) is 3.24. The van der Waals surface area contributed by atoms with Crippen LogP contribution >= 0.6 is 22.9 Å². The molecule has 0 aromatic carbocycles. The van der Waals surface area contributed by atoms with Crippen LogP contribution in [0.1, 0.15) is 41.2 Å². The first-order chi connectivity index (χ1) is 13.1. The average molecular weight is 436 g/mol. The van der Waals surface area contributed by atoms with Gasteiger partial charge in [0.2, 0.25) is 5.91 Å². The molecule has 152 valence electrons. The molecule has 3 rings (SSSR count). The van der Waals surface area contributed by atoms with Gasteiger partial charge in [0.1, 0.15) is 10.9 Å². The maximum Gasteiger partial charge on any atom is 0.434 e. The molecule has 0 saturated heterocycles. The Kier molecular flexibility index (Phi) is 5.67. The highest BCUT2D eigenvalue weighted by molar-refractivity contribution is 7.11. The molecule has 7 nitrogen and oxygen atoms in total. The van der Waals surface area contributed by atoms with Crippen molar-refractivity contribution in [2.45, 2.75) is 44.1 Å². The molecular weight excluding hydrogens is 419 g/mol. The van der Waals surface area contributed by atoms with Gasteiger partial charge in [-0.2, -0.15) is 18.3 Å². The minimum absolute atomic E-state index is 0.116. The third kappa shape index (κ3) is 4.14. The van der Waals surface area contributed by atoms with E-state index in [4.69, 9.17) is 11.6 Å². The molecule has 1 saturated carbocycles. The first kappa shape index (κ1) is 20.6. The van der Waals surface area contributed by atoms with Gasteiger partial charge in [-0.05, 0) is 19.8 Å². The van der Waals surface area contributed by atoms with Gasteiger partial charge in [0.25, 0.3) is 5.91 Å². The maximum absolute atomic E-state index is 12.9. The first-order valence-corrected chi connectivity index (χ1v) is 9.61. The van der Waals surface area contributed by atoms with Gasteiger partial charge in [-0.15, -0.1) is 11.3 Å². The number of aromatic nitrogens is 3. The Morgan fingerprint density at radius 3 is 2.68 bits per heavy atom. The van der Waals surface area contributed by atoms with Crippen LogP contribution < -0.4 is 5.32 Å². The highest BCUT2D eigenvalue weighted by Crippen LogP contribution is 2.33. The molecule has 0 spiro atoms. The number of halogens is 4. The van der Waals surface area contributed by atoms with Gasteiger partial charge < -0.3 is 10.2 Å². The molecule has 1 unspecified atom stereocenters. The monoisotopic (exact) mass is 435 g/mol. The number of nitrogens with one attached hydrogen (secondary N) is 1. The number of rotatable bonds is 5. The Hall–Kier alpha value is -2.14. The minimum atomic E-state index is -4.67. The van der Waals surface area contributed by atoms with Crippen LogP contribution in [-0.4, -0.2) is 50.6 Å². The Morgan fingerprint density at radius 1 is 1.43 bits per heavy atom. The van der Waals surface area contributed by atoms with Gasteiger partial charge in [0.15, 0.2) is 5.69 Å². The number of alkyl halides is 3. The summed E-state index contributed by atoms with van der Waals surface area (Å²) >= 11 is 6.46. The van der Waals surface area contributed by atoms with E-state index in [1.165, 1.54) is 10.9 Å². The third-order valence-corrected chi connectivity index (χ3v) is 5.73. The maximum atomic E-state index is 12.9. The fourth-order valence-corrected chi connectivity index (χ4v) is 3.85. The van der Waals surface area contributed by atoms with Crippen LogP contribution in [0.5, 0.6) is 0 Å². The molecule has 28 heavy (non-hydrogen) atoms. The molecule has 0 radical (unpaired) electrons. The smallest absolute Gasteiger partial charge is 0.348 e. The molecule has 12 heteroatoms. The fourth-order valence-electron chi connectivity index (χ4n) is 3.00. The van der Waals surface area contributed by atoms with Crippen molar-refractivity contribution in [3.8, 4) is 0 Å². The number of amides is 2. The van der Waals surface area contributed by atoms with Crippen LogP contribution in [0.15, 0.2) is 17.9 Å². The topological polar surface area (TPSA) is 80.1 Å². The van der Waals surface area contributed by atoms with Crippen molar-refractivity contribution < 1.29 is 22.8 Å². The Bertz CT molecular complexity index is 878. The summed E-state index contributed by atoms with van der Waals surface area (Å²) in [5.41, 5.74) is -0.179. The van der Waals surface area contributed by atoms with E-state index in [0.29, 0.717) is 29.2 Å². The predicted molar refractivity (Wildman–Crippen MR) is 96.1 cm³/mol. The summed E-state index contributed by atoms with van der Waals surface area (Å²) in [6, 6.07) is -0.960. The summed E-state index contributed by atoms with van der Waals surface area (Å²) in [6.07, 6.45) is -0.766. The van der Waals surface area contributed by atoms with Crippen molar-refractivity contribution in [2.75, 3.05) is 7.05 Å². The number of nitrogens with zero attached hydrogens (tertiary/aromatic N) is 4. The molecule has 2 amide bonds. The lowest BCUT2D eigenvalue weighted by Gasteiger charge is -2.42. The van der Waals surface area contributed by atoms with Gasteiger partial charge in [-0.1, -0.05) is 11.6 Å². The number of carbonyl (C=O) groups is 2. The molecular formula is C16H17ClF3N5O2S. The Labute approximate surface area is 167 Å². The van der Waals surface area contributed by atoms with Crippen molar-refractivity contribution in [2.24, 2.45) is 0 Å². The number of carbonyl (C=O) groups excluding carboxylic acids is 2. The van der Waals surface area contributed by atoms with Gasteiger partial charge >= 0.3 is 6.18 Å². The lowest BCUT2D eigenvalue weighted by atomic mass is 9.85. The van der Waals surface area contributed by atoms with Crippen LogP contribution in [0.2, 0.25) is 5.02 Å². The van der Waals surface area contributed by atoms with Gasteiger partial charge in [-0.3, -0.25) is 14.3 Å². The lowest BCUT2D eigenvalue weighted by Crippen LogP contribution is -2.55. The molecule has 0 aliphatic heterocycles. The van der Waals surface area contributed by atoms with Crippen molar-refractivity contribution >= 4 is 34.8 Å². The van der Waals surface area contributed by atoms with Crippen LogP contribution in [0.3, 0.4) is 0 Å². The SMILES string of the molecule is CC(C(=O)N(C)C1CC(NC(=O)c2scnc2C(F)(F)F)C1)n1cc(Cl)cn1. The summed E-state index contributed by atoms with van der Waals surface area (Å²) in [6.45, 7) is 1.70. The van der Waals surface area contributed by atoms with Crippen molar-refractivity contribution in [3.05, 3.63) is 33.5 Å². The quantitative estimate of drug-likeness (QED) is 0.783. The molecule has 1 aliphatic carbocycles. The highest BCUT2D eigenvalue weighted by Gasteiger charge is 2.41. The van der Waals surface area contributed by atoms with Crippen LogP contribution in [0.25, 0.3) is 0 Å². The normalized spacial score (nSPS) is 20.4. The molecule has 1 N–H and O–H groups in total. The minimum Gasteiger partial charge on any atom is -0.348 e. The molecule has 1 aliphatic rings. The molecule has 1 fully saturated rings. The van der Waals surface area contributed by atoms with E-state index in [1.807, 2.05) is 0 Å². The van der Waals surface area contributed by atoms with Crippen molar-refractivity contribution in [3.63, 3.8) is 0 Å². The molecule has 2 aromatic heterocycles. The van der Waals surface area contributed by atoms with Crippen LogP contribution in [0.4, 0.5) is 13.2 Å².